The molecule has 1 aromatic heterocycles. The number of carbonyl (C=O) groups excluding carboxylic acids is 1. The number of hydrogen-bond acceptors (Lipinski definition) is 3. The van der Waals surface area contributed by atoms with Crippen LogP contribution in [0.5, 0.6) is 0 Å². The van der Waals surface area contributed by atoms with Gasteiger partial charge in [0.05, 0.1) is 0 Å². The van der Waals surface area contributed by atoms with Crippen LogP contribution >= 0.6 is 0 Å². The van der Waals surface area contributed by atoms with E-state index in [9.17, 15) is 4.79 Å². The van der Waals surface area contributed by atoms with Gasteiger partial charge in [0.1, 0.15) is 6.04 Å². The summed E-state index contributed by atoms with van der Waals surface area (Å²) in [7, 11) is 0. The van der Waals surface area contributed by atoms with Crippen molar-refractivity contribution in [3.63, 3.8) is 0 Å². The minimum atomic E-state index is -0.626. The lowest BCUT2D eigenvalue weighted by molar-refractivity contribution is -0.122. The first-order valence-electron chi connectivity index (χ1n) is 6.66. The number of nitrogens with zero attached hydrogens (tertiary/aromatic N) is 1. The number of aromatic nitrogens is 1. The number of nitrogens with one attached hydrogen (secondary N) is 1. The highest BCUT2D eigenvalue weighted by Crippen LogP contribution is 2.11. The zero-order valence-electron chi connectivity index (χ0n) is 11.5. The highest BCUT2D eigenvalue weighted by molar-refractivity contribution is 5.82. The van der Waals surface area contributed by atoms with E-state index in [4.69, 9.17) is 5.73 Å². The highest BCUT2D eigenvalue weighted by Gasteiger charge is 2.14. The minimum absolute atomic E-state index is 0.162. The van der Waals surface area contributed by atoms with Gasteiger partial charge >= 0.3 is 0 Å². The van der Waals surface area contributed by atoms with Gasteiger partial charge in [-0.1, -0.05) is 35.9 Å². The van der Waals surface area contributed by atoms with Crippen molar-refractivity contribution >= 4 is 5.91 Å². The monoisotopic (exact) mass is 269 g/mol. The number of hydrogen-bond donors (Lipinski definition) is 2. The van der Waals surface area contributed by atoms with Gasteiger partial charge in [-0.2, -0.15) is 0 Å². The fourth-order valence-electron chi connectivity index (χ4n) is 1.89. The Morgan fingerprint density at radius 3 is 2.65 bits per heavy atom. The molecule has 0 aliphatic heterocycles. The molecule has 0 radical (unpaired) electrons. The highest BCUT2D eigenvalue weighted by atomic mass is 16.2. The quantitative estimate of drug-likeness (QED) is 0.869. The first-order chi connectivity index (χ1) is 9.66. The number of nitrogens with two attached hydrogens (primary N) is 1. The molecule has 2 aromatic rings. The molecule has 1 amide bonds. The Kier molecular flexibility index (Phi) is 4.85. The zero-order valence-corrected chi connectivity index (χ0v) is 11.5. The van der Waals surface area contributed by atoms with Crippen molar-refractivity contribution in [3.8, 4) is 0 Å². The lowest BCUT2D eigenvalue weighted by atomic mass is 10.1. The van der Waals surface area contributed by atoms with E-state index in [2.05, 4.69) is 10.3 Å². The molecule has 1 aromatic carbocycles. The molecule has 3 N–H and O–H groups in total. The maximum Gasteiger partial charge on any atom is 0.241 e. The standard InChI is InChI=1S/C16H19N3O/c1-12-5-7-13(8-6-12)15(17)16(20)19-11-9-14-4-2-3-10-18-14/h2-8,10,15H,9,11,17H2,1H3,(H,19,20). The molecule has 4 heteroatoms. The summed E-state index contributed by atoms with van der Waals surface area (Å²) in [6.45, 7) is 2.54. The molecule has 0 bridgehead atoms. The van der Waals surface area contributed by atoms with Crippen LogP contribution in [-0.2, 0) is 11.2 Å². The van der Waals surface area contributed by atoms with E-state index in [-0.39, 0.29) is 5.91 Å². The predicted molar refractivity (Wildman–Crippen MR) is 79.1 cm³/mol. The van der Waals surface area contributed by atoms with E-state index in [1.54, 1.807) is 6.20 Å². The Morgan fingerprint density at radius 1 is 1.25 bits per heavy atom. The fourth-order valence-corrected chi connectivity index (χ4v) is 1.89. The van der Waals surface area contributed by atoms with Crippen LogP contribution in [0.25, 0.3) is 0 Å². The van der Waals surface area contributed by atoms with Gasteiger partial charge in [0, 0.05) is 24.9 Å². The van der Waals surface area contributed by atoms with Crippen LogP contribution in [0.2, 0.25) is 0 Å². The molecule has 0 saturated heterocycles. The van der Waals surface area contributed by atoms with Crippen molar-refractivity contribution in [3.05, 3.63) is 65.5 Å². The molecule has 0 saturated carbocycles. The summed E-state index contributed by atoms with van der Waals surface area (Å²) in [5, 5.41) is 2.84. The van der Waals surface area contributed by atoms with Crippen molar-refractivity contribution in [2.45, 2.75) is 19.4 Å². The van der Waals surface area contributed by atoms with Gasteiger partial charge in [-0.15, -0.1) is 0 Å². The van der Waals surface area contributed by atoms with Gasteiger partial charge in [0.15, 0.2) is 0 Å². The summed E-state index contributed by atoms with van der Waals surface area (Å²) in [6.07, 6.45) is 2.45. The number of rotatable bonds is 5. The molecule has 1 atom stereocenters. The summed E-state index contributed by atoms with van der Waals surface area (Å²) in [6, 6.07) is 12.8. The second kappa shape index (κ2) is 6.82. The van der Waals surface area contributed by atoms with Gasteiger partial charge in [0.2, 0.25) is 5.91 Å². The molecule has 1 heterocycles. The average molecular weight is 269 g/mol. The zero-order chi connectivity index (χ0) is 14.4. The van der Waals surface area contributed by atoms with Crippen molar-refractivity contribution in [2.75, 3.05) is 6.54 Å². The predicted octanol–water partition coefficient (Wildman–Crippen LogP) is 1.75. The Bertz CT molecular complexity index is 552. The van der Waals surface area contributed by atoms with E-state index < -0.39 is 6.04 Å². The number of aryl methyl sites for hydroxylation is 1. The van der Waals surface area contributed by atoms with E-state index in [0.717, 1.165) is 16.8 Å². The van der Waals surface area contributed by atoms with Crippen LogP contribution in [-0.4, -0.2) is 17.4 Å². The van der Waals surface area contributed by atoms with Crippen molar-refractivity contribution in [2.24, 2.45) is 5.73 Å². The molecule has 2 rings (SSSR count). The molecule has 0 aliphatic rings. The van der Waals surface area contributed by atoms with Crippen LogP contribution in [0.3, 0.4) is 0 Å². The van der Waals surface area contributed by atoms with Crippen LogP contribution < -0.4 is 11.1 Å². The van der Waals surface area contributed by atoms with E-state index in [0.29, 0.717) is 13.0 Å². The Morgan fingerprint density at radius 2 is 2.00 bits per heavy atom. The van der Waals surface area contributed by atoms with Crippen molar-refractivity contribution < 1.29 is 4.79 Å². The van der Waals surface area contributed by atoms with Crippen molar-refractivity contribution in [1.82, 2.24) is 10.3 Å². The molecular formula is C16H19N3O. The maximum absolute atomic E-state index is 12.0. The lowest BCUT2D eigenvalue weighted by Gasteiger charge is -2.12. The molecule has 20 heavy (non-hydrogen) atoms. The van der Waals surface area contributed by atoms with E-state index in [1.807, 2.05) is 49.4 Å². The van der Waals surface area contributed by atoms with Gasteiger partial charge in [0.25, 0.3) is 0 Å². The number of benzene rings is 1. The number of carbonyl (C=O) groups is 1. The molecule has 104 valence electrons. The summed E-state index contributed by atoms with van der Waals surface area (Å²) in [4.78, 5) is 16.2. The summed E-state index contributed by atoms with van der Waals surface area (Å²) in [5.41, 5.74) is 8.87. The van der Waals surface area contributed by atoms with Crippen LogP contribution in [0.1, 0.15) is 22.9 Å². The summed E-state index contributed by atoms with van der Waals surface area (Å²) >= 11 is 0. The molecule has 0 aliphatic carbocycles. The lowest BCUT2D eigenvalue weighted by Crippen LogP contribution is -2.35. The SMILES string of the molecule is Cc1ccc(C(N)C(=O)NCCc2ccccn2)cc1. The smallest absolute Gasteiger partial charge is 0.241 e. The Labute approximate surface area is 119 Å². The Hall–Kier alpha value is -2.20. The Balaban J connectivity index is 1.84. The van der Waals surface area contributed by atoms with Crippen molar-refractivity contribution in [1.29, 1.82) is 0 Å². The first-order valence-corrected chi connectivity index (χ1v) is 6.66. The molecule has 0 fully saturated rings. The van der Waals surface area contributed by atoms with Gasteiger partial charge in [-0.25, -0.2) is 0 Å². The van der Waals surface area contributed by atoms with E-state index in [1.165, 1.54) is 0 Å². The van der Waals surface area contributed by atoms with Crippen LogP contribution in [0, 0.1) is 6.92 Å². The van der Waals surface area contributed by atoms with Gasteiger partial charge < -0.3 is 11.1 Å². The fraction of sp³-hybridized carbons (Fsp3) is 0.250. The normalized spacial score (nSPS) is 11.9. The third-order valence-corrected chi connectivity index (χ3v) is 3.13. The summed E-state index contributed by atoms with van der Waals surface area (Å²) < 4.78 is 0. The second-order valence-electron chi connectivity index (χ2n) is 4.75. The third kappa shape index (κ3) is 3.90. The van der Waals surface area contributed by atoms with Crippen LogP contribution in [0.4, 0.5) is 0 Å². The average Bonchev–Trinajstić information content (AvgIpc) is 2.48. The largest absolute Gasteiger partial charge is 0.354 e. The van der Waals surface area contributed by atoms with Crippen LogP contribution in [0.15, 0.2) is 48.7 Å². The minimum Gasteiger partial charge on any atom is -0.354 e. The second-order valence-corrected chi connectivity index (χ2v) is 4.75. The van der Waals surface area contributed by atoms with Gasteiger partial charge in [-0.3, -0.25) is 9.78 Å². The van der Waals surface area contributed by atoms with E-state index >= 15 is 0 Å². The first kappa shape index (κ1) is 14.2. The number of pyridine rings is 1. The molecule has 1 unspecified atom stereocenters. The topological polar surface area (TPSA) is 68.0 Å². The molecule has 0 spiro atoms. The third-order valence-electron chi connectivity index (χ3n) is 3.13. The molecule has 4 nitrogen and oxygen atoms in total. The number of amides is 1. The maximum atomic E-state index is 12.0. The summed E-state index contributed by atoms with van der Waals surface area (Å²) in [5.74, 6) is -0.162. The molecular weight excluding hydrogens is 250 g/mol. The van der Waals surface area contributed by atoms with Gasteiger partial charge in [-0.05, 0) is 24.6 Å².